The molecule has 0 fully saturated rings. The summed E-state index contributed by atoms with van der Waals surface area (Å²) in [4.78, 5) is 0. The fourth-order valence-corrected chi connectivity index (χ4v) is 2.15. The van der Waals surface area contributed by atoms with Crippen LogP contribution in [0.1, 0.15) is 19.4 Å². The zero-order chi connectivity index (χ0) is 17.9. The largest absolute Gasteiger partial charge is 0.417 e. The highest BCUT2D eigenvalue weighted by molar-refractivity contribution is 6.31. The lowest BCUT2D eigenvalue weighted by atomic mass is 10.2. The molecule has 2 aromatic carbocycles. The second kappa shape index (κ2) is 7.13. The molecule has 128 valence electrons. The molecule has 0 saturated carbocycles. The number of halogens is 5. The third kappa shape index (κ3) is 4.64. The highest BCUT2D eigenvalue weighted by atomic mass is 35.5. The molecule has 2 aromatic rings. The lowest BCUT2D eigenvalue weighted by molar-refractivity contribution is -0.137. The average molecular weight is 359 g/mol. The molecular weight excluding hydrogens is 344 g/mol. The number of hydrogen-bond acceptors (Lipinski definition) is 2. The molecule has 0 atom stereocenters. The zero-order valence-corrected chi connectivity index (χ0v) is 13.7. The second-order valence-electron chi connectivity index (χ2n) is 5.32. The molecule has 0 aromatic heterocycles. The van der Waals surface area contributed by atoms with Gasteiger partial charge in [0, 0.05) is 11.4 Å². The van der Waals surface area contributed by atoms with Gasteiger partial charge in [0.1, 0.15) is 11.6 Å². The highest BCUT2D eigenvalue weighted by Gasteiger charge is 2.33. The van der Waals surface area contributed by atoms with Crippen LogP contribution in [0, 0.1) is 5.82 Å². The normalized spacial score (nSPS) is 11.1. The van der Waals surface area contributed by atoms with Crippen molar-refractivity contribution < 1.29 is 17.6 Å². The fraction of sp³-hybridized carbons (Fsp3) is 0.176. The SMILES string of the molecule is CC(C)=C(Nc1ccc(F)cc1)Nc1ccc(Cl)c(C(F)(F)F)c1. The van der Waals surface area contributed by atoms with E-state index in [1.165, 1.54) is 36.4 Å². The van der Waals surface area contributed by atoms with Crippen LogP contribution in [0.3, 0.4) is 0 Å². The predicted octanol–water partition coefficient (Wildman–Crippen LogP) is 6.27. The first-order chi connectivity index (χ1) is 11.2. The van der Waals surface area contributed by atoms with E-state index in [0.29, 0.717) is 11.5 Å². The first-order valence-corrected chi connectivity index (χ1v) is 7.38. The standard InChI is InChI=1S/C17H15ClF4N2/c1-10(2)16(23-12-5-3-11(19)4-6-12)24-13-7-8-15(18)14(9-13)17(20,21)22/h3-9,23-24H,1-2H3. The number of rotatable bonds is 4. The topological polar surface area (TPSA) is 24.1 Å². The Balaban J connectivity index is 2.26. The van der Waals surface area contributed by atoms with Crippen LogP contribution in [0.25, 0.3) is 0 Å². The Bertz CT molecular complexity index is 748. The molecule has 0 heterocycles. The minimum Gasteiger partial charge on any atom is -0.342 e. The van der Waals surface area contributed by atoms with E-state index < -0.39 is 11.7 Å². The van der Waals surface area contributed by atoms with Gasteiger partial charge in [0.2, 0.25) is 0 Å². The number of hydrogen-bond donors (Lipinski definition) is 2. The Morgan fingerprint density at radius 3 is 2.00 bits per heavy atom. The monoisotopic (exact) mass is 358 g/mol. The molecule has 0 aliphatic rings. The minimum absolute atomic E-state index is 0.234. The van der Waals surface area contributed by atoms with Crippen molar-refractivity contribution in [3.05, 3.63) is 70.3 Å². The molecule has 2 rings (SSSR count). The van der Waals surface area contributed by atoms with Gasteiger partial charge in [0.05, 0.1) is 10.6 Å². The molecule has 0 radical (unpaired) electrons. The maximum Gasteiger partial charge on any atom is 0.417 e. The van der Waals surface area contributed by atoms with Crippen molar-refractivity contribution in [2.75, 3.05) is 10.6 Å². The number of nitrogens with one attached hydrogen (secondary N) is 2. The Kier molecular flexibility index (Phi) is 5.39. The Morgan fingerprint density at radius 2 is 1.46 bits per heavy atom. The summed E-state index contributed by atoms with van der Waals surface area (Å²) >= 11 is 5.61. The van der Waals surface area contributed by atoms with E-state index in [1.54, 1.807) is 13.8 Å². The summed E-state index contributed by atoms with van der Waals surface area (Å²) in [5.41, 5.74) is 0.731. The van der Waals surface area contributed by atoms with Crippen molar-refractivity contribution in [3.63, 3.8) is 0 Å². The summed E-state index contributed by atoms with van der Waals surface area (Å²) in [6.45, 7) is 3.58. The van der Waals surface area contributed by atoms with E-state index in [1.807, 2.05) is 0 Å². The van der Waals surface area contributed by atoms with E-state index in [2.05, 4.69) is 10.6 Å². The van der Waals surface area contributed by atoms with Crippen LogP contribution in [0.5, 0.6) is 0 Å². The lowest BCUT2D eigenvalue weighted by Gasteiger charge is -2.17. The van der Waals surface area contributed by atoms with Gasteiger partial charge in [0.25, 0.3) is 0 Å². The first kappa shape index (κ1) is 18.1. The van der Waals surface area contributed by atoms with Gasteiger partial charge in [-0.15, -0.1) is 0 Å². The van der Waals surface area contributed by atoms with Gasteiger partial charge in [-0.3, -0.25) is 0 Å². The highest BCUT2D eigenvalue weighted by Crippen LogP contribution is 2.36. The van der Waals surface area contributed by atoms with Crippen molar-refractivity contribution in [2.45, 2.75) is 20.0 Å². The van der Waals surface area contributed by atoms with Crippen molar-refractivity contribution in [2.24, 2.45) is 0 Å². The molecule has 0 amide bonds. The maximum atomic E-state index is 12.9. The predicted molar refractivity (Wildman–Crippen MR) is 88.5 cm³/mol. The molecule has 0 bridgehead atoms. The van der Waals surface area contributed by atoms with Gasteiger partial charge < -0.3 is 10.6 Å². The van der Waals surface area contributed by atoms with Gasteiger partial charge in [-0.25, -0.2) is 4.39 Å². The van der Waals surface area contributed by atoms with Crippen LogP contribution in [0.4, 0.5) is 28.9 Å². The van der Waals surface area contributed by atoms with Crippen LogP contribution in [0.15, 0.2) is 53.9 Å². The van der Waals surface area contributed by atoms with E-state index >= 15 is 0 Å². The Morgan fingerprint density at radius 1 is 0.917 bits per heavy atom. The fourth-order valence-electron chi connectivity index (χ4n) is 1.92. The second-order valence-corrected chi connectivity index (χ2v) is 5.73. The van der Waals surface area contributed by atoms with E-state index in [9.17, 15) is 17.6 Å². The van der Waals surface area contributed by atoms with Crippen molar-refractivity contribution in [1.82, 2.24) is 0 Å². The van der Waals surface area contributed by atoms with Crippen LogP contribution >= 0.6 is 11.6 Å². The van der Waals surface area contributed by atoms with Gasteiger partial charge in [-0.1, -0.05) is 11.6 Å². The molecular formula is C17H15ClF4N2. The third-order valence-corrected chi connectivity index (χ3v) is 3.48. The summed E-state index contributed by atoms with van der Waals surface area (Å²) in [5.74, 6) is 0.122. The minimum atomic E-state index is -4.54. The number of alkyl halides is 3. The van der Waals surface area contributed by atoms with E-state index in [0.717, 1.165) is 11.6 Å². The smallest absolute Gasteiger partial charge is 0.342 e. The summed E-state index contributed by atoms with van der Waals surface area (Å²) in [5, 5.41) is 5.55. The molecule has 0 aliphatic heterocycles. The summed E-state index contributed by atoms with van der Waals surface area (Å²) in [7, 11) is 0. The van der Waals surface area contributed by atoms with Crippen molar-refractivity contribution in [1.29, 1.82) is 0 Å². The number of allylic oxidation sites excluding steroid dienone is 1. The van der Waals surface area contributed by atoms with Crippen LogP contribution in [-0.4, -0.2) is 0 Å². The average Bonchev–Trinajstić information content (AvgIpc) is 2.49. The first-order valence-electron chi connectivity index (χ1n) is 7.00. The molecule has 2 N–H and O–H groups in total. The van der Waals surface area contributed by atoms with Gasteiger partial charge in [-0.05, 0) is 61.9 Å². The molecule has 0 spiro atoms. The molecule has 0 aliphatic carbocycles. The zero-order valence-electron chi connectivity index (χ0n) is 12.9. The Labute approximate surface area is 142 Å². The van der Waals surface area contributed by atoms with Gasteiger partial charge in [-0.2, -0.15) is 13.2 Å². The number of anilines is 2. The molecule has 0 unspecified atom stereocenters. The van der Waals surface area contributed by atoms with Crippen LogP contribution in [-0.2, 0) is 6.18 Å². The molecule has 7 heteroatoms. The van der Waals surface area contributed by atoms with E-state index in [4.69, 9.17) is 11.6 Å². The third-order valence-electron chi connectivity index (χ3n) is 3.15. The van der Waals surface area contributed by atoms with E-state index in [-0.39, 0.29) is 16.5 Å². The quantitative estimate of drug-likeness (QED) is 0.629. The van der Waals surface area contributed by atoms with Crippen LogP contribution in [0.2, 0.25) is 5.02 Å². The molecule has 24 heavy (non-hydrogen) atoms. The van der Waals surface area contributed by atoms with Gasteiger partial charge >= 0.3 is 6.18 Å². The van der Waals surface area contributed by atoms with Gasteiger partial charge in [0.15, 0.2) is 0 Å². The van der Waals surface area contributed by atoms with Crippen molar-refractivity contribution >= 4 is 23.0 Å². The summed E-state index contributed by atoms with van der Waals surface area (Å²) in [6.07, 6.45) is -4.54. The molecule has 0 saturated heterocycles. The van der Waals surface area contributed by atoms with Crippen LogP contribution < -0.4 is 10.6 Å². The van der Waals surface area contributed by atoms with Crippen molar-refractivity contribution in [3.8, 4) is 0 Å². The molecule has 2 nitrogen and oxygen atoms in total. The Hall–Kier alpha value is -2.21. The number of benzene rings is 2. The lowest BCUT2D eigenvalue weighted by Crippen LogP contribution is -2.13. The summed E-state index contributed by atoms with van der Waals surface area (Å²) in [6, 6.07) is 9.22. The maximum absolute atomic E-state index is 12.9. The summed E-state index contributed by atoms with van der Waals surface area (Å²) < 4.78 is 51.8.